The van der Waals surface area contributed by atoms with Gasteiger partial charge >= 0.3 is 0 Å². The number of thiophene rings is 1. The third kappa shape index (κ3) is 4.67. The summed E-state index contributed by atoms with van der Waals surface area (Å²) in [5.41, 5.74) is 0. The Labute approximate surface area is 115 Å². The van der Waals surface area contributed by atoms with Crippen molar-refractivity contribution in [3.8, 4) is 0 Å². The van der Waals surface area contributed by atoms with E-state index in [1.165, 1.54) is 11.3 Å². The number of halogens is 1. The molecule has 0 fully saturated rings. The van der Waals surface area contributed by atoms with Crippen molar-refractivity contribution in [1.82, 2.24) is 10.0 Å². The van der Waals surface area contributed by atoms with Crippen LogP contribution in [0, 0.1) is 0 Å². The fourth-order valence-corrected chi connectivity index (χ4v) is 3.71. The van der Waals surface area contributed by atoms with Crippen LogP contribution in [0.5, 0.6) is 0 Å². The Morgan fingerprint density at radius 3 is 2.76 bits per heavy atom. The second-order valence-electron chi connectivity index (χ2n) is 3.68. The quantitative estimate of drug-likeness (QED) is 0.797. The van der Waals surface area contributed by atoms with E-state index >= 15 is 0 Å². The van der Waals surface area contributed by atoms with Gasteiger partial charge in [0.05, 0.1) is 5.25 Å². The zero-order chi connectivity index (χ0) is 12.9. The fourth-order valence-electron chi connectivity index (χ4n) is 1.22. The van der Waals surface area contributed by atoms with Crippen LogP contribution in [0.15, 0.2) is 15.9 Å². The van der Waals surface area contributed by atoms with Crippen LogP contribution in [0.4, 0.5) is 0 Å². The highest BCUT2D eigenvalue weighted by atomic mass is 79.9. The van der Waals surface area contributed by atoms with E-state index in [0.29, 0.717) is 13.1 Å². The van der Waals surface area contributed by atoms with Crippen LogP contribution < -0.4 is 10.0 Å². The Morgan fingerprint density at radius 1 is 1.53 bits per heavy atom. The first-order valence-corrected chi connectivity index (χ1v) is 8.60. The predicted molar refractivity (Wildman–Crippen MR) is 75.8 cm³/mol. The molecule has 4 nitrogen and oxygen atoms in total. The van der Waals surface area contributed by atoms with Gasteiger partial charge in [-0.2, -0.15) is 0 Å². The summed E-state index contributed by atoms with van der Waals surface area (Å²) in [5.74, 6) is 0. The summed E-state index contributed by atoms with van der Waals surface area (Å²) in [6.07, 6.45) is 0. The Bertz CT molecular complexity index is 445. The van der Waals surface area contributed by atoms with E-state index in [9.17, 15) is 8.42 Å². The Hall–Kier alpha value is 0.0500. The molecule has 0 amide bonds. The minimum absolute atomic E-state index is 0.344. The average molecular weight is 341 g/mol. The van der Waals surface area contributed by atoms with Gasteiger partial charge in [0, 0.05) is 22.4 Å². The SMILES string of the molecule is CCNCC(C)S(=O)(=O)NCc1sccc1Br. The smallest absolute Gasteiger partial charge is 0.215 e. The number of hydrogen-bond donors (Lipinski definition) is 2. The van der Waals surface area contributed by atoms with E-state index < -0.39 is 15.3 Å². The van der Waals surface area contributed by atoms with Gasteiger partial charge in [-0.3, -0.25) is 0 Å². The molecule has 98 valence electrons. The maximum atomic E-state index is 11.9. The lowest BCUT2D eigenvalue weighted by Crippen LogP contribution is -2.38. The number of rotatable bonds is 7. The lowest BCUT2D eigenvalue weighted by atomic mass is 10.5. The lowest BCUT2D eigenvalue weighted by molar-refractivity contribution is 0.560. The molecule has 7 heteroatoms. The van der Waals surface area contributed by atoms with Crippen LogP contribution in [0.1, 0.15) is 18.7 Å². The minimum Gasteiger partial charge on any atom is -0.316 e. The van der Waals surface area contributed by atoms with Gasteiger partial charge in [-0.25, -0.2) is 13.1 Å². The van der Waals surface area contributed by atoms with Gasteiger partial charge in [0.1, 0.15) is 0 Å². The van der Waals surface area contributed by atoms with Gasteiger partial charge in [0.25, 0.3) is 0 Å². The van der Waals surface area contributed by atoms with E-state index in [1.54, 1.807) is 6.92 Å². The molecule has 17 heavy (non-hydrogen) atoms. The first kappa shape index (κ1) is 15.1. The number of hydrogen-bond acceptors (Lipinski definition) is 4. The summed E-state index contributed by atoms with van der Waals surface area (Å²) in [5, 5.41) is 4.53. The van der Waals surface area contributed by atoms with Crippen LogP contribution in [0.25, 0.3) is 0 Å². The highest BCUT2D eigenvalue weighted by molar-refractivity contribution is 9.10. The molecular weight excluding hydrogens is 324 g/mol. The van der Waals surface area contributed by atoms with Gasteiger partial charge in [0.15, 0.2) is 0 Å². The maximum absolute atomic E-state index is 11.9. The van der Waals surface area contributed by atoms with Gasteiger partial charge in [0.2, 0.25) is 10.0 Å². The highest BCUT2D eigenvalue weighted by Gasteiger charge is 2.20. The molecule has 1 heterocycles. The van der Waals surface area contributed by atoms with Crippen molar-refractivity contribution in [1.29, 1.82) is 0 Å². The Balaban J connectivity index is 2.52. The molecule has 2 N–H and O–H groups in total. The first-order chi connectivity index (χ1) is 7.97. The van der Waals surface area contributed by atoms with Crippen molar-refractivity contribution in [2.24, 2.45) is 0 Å². The van der Waals surface area contributed by atoms with Crippen molar-refractivity contribution in [2.75, 3.05) is 13.1 Å². The van der Waals surface area contributed by atoms with Gasteiger partial charge in [-0.15, -0.1) is 11.3 Å². The van der Waals surface area contributed by atoms with Crippen molar-refractivity contribution < 1.29 is 8.42 Å². The van der Waals surface area contributed by atoms with Crippen LogP contribution in [0.3, 0.4) is 0 Å². The van der Waals surface area contributed by atoms with E-state index in [-0.39, 0.29) is 0 Å². The second kappa shape index (κ2) is 6.84. The van der Waals surface area contributed by atoms with Gasteiger partial charge < -0.3 is 5.32 Å². The molecule has 0 saturated heterocycles. The van der Waals surface area contributed by atoms with Crippen LogP contribution in [0.2, 0.25) is 0 Å². The summed E-state index contributed by atoms with van der Waals surface area (Å²) in [6, 6.07) is 1.91. The largest absolute Gasteiger partial charge is 0.316 e. The summed E-state index contributed by atoms with van der Waals surface area (Å²) in [4.78, 5) is 0.990. The summed E-state index contributed by atoms with van der Waals surface area (Å²) >= 11 is 4.91. The molecule has 1 rings (SSSR count). The van der Waals surface area contributed by atoms with Crippen LogP contribution >= 0.6 is 27.3 Å². The summed E-state index contributed by atoms with van der Waals surface area (Å²) in [7, 11) is -3.25. The molecule has 0 aliphatic carbocycles. The third-order valence-corrected chi connectivity index (χ3v) is 6.04. The van der Waals surface area contributed by atoms with E-state index in [2.05, 4.69) is 26.0 Å². The highest BCUT2D eigenvalue weighted by Crippen LogP contribution is 2.22. The Kier molecular flexibility index (Phi) is 6.08. The van der Waals surface area contributed by atoms with Crippen molar-refractivity contribution in [2.45, 2.75) is 25.6 Å². The maximum Gasteiger partial charge on any atom is 0.215 e. The van der Waals surface area contributed by atoms with Gasteiger partial charge in [-0.1, -0.05) is 6.92 Å². The Morgan fingerprint density at radius 2 is 2.24 bits per heavy atom. The summed E-state index contributed by atoms with van der Waals surface area (Å²) < 4.78 is 27.3. The van der Waals surface area contributed by atoms with Crippen LogP contribution in [-0.4, -0.2) is 26.8 Å². The topological polar surface area (TPSA) is 58.2 Å². The fraction of sp³-hybridized carbons (Fsp3) is 0.600. The molecular formula is C10H17BrN2O2S2. The van der Waals surface area contributed by atoms with Crippen molar-refractivity contribution >= 4 is 37.3 Å². The molecule has 1 atom stereocenters. The molecule has 1 unspecified atom stereocenters. The normalized spacial score (nSPS) is 13.8. The molecule has 0 saturated carbocycles. The predicted octanol–water partition coefficient (Wildman–Crippen LogP) is 1.93. The van der Waals surface area contributed by atoms with E-state index in [1.807, 2.05) is 18.4 Å². The lowest BCUT2D eigenvalue weighted by Gasteiger charge is -2.13. The van der Waals surface area contributed by atoms with Crippen LogP contribution in [-0.2, 0) is 16.6 Å². The first-order valence-electron chi connectivity index (χ1n) is 5.38. The number of sulfonamides is 1. The summed E-state index contributed by atoms with van der Waals surface area (Å²) in [6.45, 7) is 5.24. The van der Waals surface area contributed by atoms with Gasteiger partial charge in [-0.05, 0) is 40.8 Å². The second-order valence-corrected chi connectivity index (χ2v) is 7.71. The molecule has 0 radical (unpaired) electrons. The molecule has 0 spiro atoms. The molecule has 0 aliphatic heterocycles. The zero-order valence-electron chi connectivity index (χ0n) is 9.86. The molecule has 0 aromatic carbocycles. The minimum atomic E-state index is -3.25. The monoisotopic (exact) mass is 340 g/mol. The van der Waals surface area contributed by atoms with E-state index in [4.69, 9.17) is 0 Å². The zero-order valence-corrected chi connectivity index (χ0v) is 13.1. The molecule has 1 aromatic rings. The molecule has 0 bridgehead atoms. The van der Waals surface area contributed by atoms with Crippen molar-refractivity contribution in [3.05, 3.63) is 20.8 Å². The third-order valence-electron chi connectivity index (χ3n) is 2.34. The van der Waals surface area contributed by atoms with E-state index in [0.717, 1.165) is 15.9 Å². The average Bonchev–Trinajstić information content (AvgIpc) is 2.69. The number of nitrogens with one attached hydrogen (secondary N) is 2. The molecule has 1 aromatic heterocycles. The molecule has 0 aliphatic rings. The standard InChI is InChI=1S/C10H17BrN2O2S2/c1-3-12-6-8(2)17(14,15)13-7-10-9(11)4-5-16-10/h4-5,8,12-13H,3,6-7H2,1-2H3. The van der Waals surface area contributed by atoms with Crippen molar-refractivity contribution in [3.63, 3.8) is 0 Å².